The molecule has 6 heteroatoms. The Bertz CT molecular complexity index is 581. The zero-order chi connectivity index (χ0) is 13.4. The fraction of sp³-hybridized carbons (Fsp3) is 0.538. The van der Waals surface area contributed by atoms with E-state index in [0.717, 1.165) is 25.0 Å². The predicted molar refractivity (Wildman–Crippen MR) is 71.8 cm³/mol. The van der Waals surface area contributed by atoms with Crippen LogP contribution in [0.4, 0.5) is 10.2 Å². The molecule has 2 atom stereocenters. The van der Waals surface area contributed by atoms with Crippen LogP contribution in [0.1, 0.15) is 13.3 Å². The molecule has 1 aliphatic heterocycles. The summed E-state index contributed by atoms with van der Waals surface area (Å²) < 4.78 is 15.1. The van der Waals surface area contributed by atoms with Gasteiger partial charge < -0.3 is 10.2 Å². The normalized spacial score (nSPS) is 23.7. The molecule has 2 aromatic rings. The molecule has 0 aromatic carbocycles. The molecule has 2 aromatic heterocycles. The number of likely N-dealkylation sites (N-methyl/N-ethyl adjacent to an activating group) is 1. The van der Waals surface area contributed by atoms with Crippen molar-refractivity contribution < 1.29 is 4.39 Å². The van der Waals surface area contributed by atoms with E-state index in [4.69, 9.17) is 0 Å². The molecule has 3 heterocycles. The minimum Gasteiger partial charge on any atom is -0.353 e. The molecule has 0 bridgehead atoms. The molecule has 1 saturated heterocycles. The van der Waals surface area contributed by atoms with Crippen molar-refractivity contribution in [2.75, 3.05) is 25.0 Å². The van der Waals surface area contributed by atoms with E-state index in [1.807, 2.05) is 19.2 Å². The summed E-state index contributed by atoms with van der Waals surface area (Å²) in [6.07, 6.45) is 2.17. The minimum absolute atomic E-state index is 0.321. The van der Waals surface area contributed by atoms with Crippen molar-refractivity contribution in [3.63, 3.8) is 0 Å². The van der Waals surface area contributed by atoms with Gasteiger partial charge >= 0.3 is 6.08 Å². The van der Waals surface area contributed by atoms with Crippen LogP contribution in [0.25, 0.3) is 5.52 Å². The summed E-state index contributed by atoms with van der Waals surface area (Å²) in [6.45, 7) is 4.18. The fourth-order valence-corrected chi connectivity index (χ4v) is 2.80. The quantitative estimate of drug-likeness (QED) is 0.887. The third-order valence-corrected chi connectivity index (χ3v) is 3.96. The molecule has 0 aliphatic carbocycles. The number of anilines is 1. The van der Waals surface area contributed by atoms with Gasteiger partial charge in [0, 0.05) is 25.8 Å². The average Bonchev–Trinajstić information content (AvgIpc) is 2.85. The highest BCUT2D eigenvalue weighted by molar-refractivity contribution is 5.68. The molecule has 102 valence electrons. The number of hydrogen-bond acceptors (Lipinski definition) is 4. The van der Waals surface area contributed by atoms with Gasteiger partial charge in [-0.15, -0.1) is 5.10 Å². The maximum atomic E-state index is 13.5. The number of rotatable bonds is 2. The third kappa shape index (κ3) is 2.16. The van der Waals surface area contributed by atoms with E-state index in [-0.39, 0.29) is 0 Å². The molecule has 3 rings (SSSR count). The number of piperidine rings is 1. The molecular formula is C13H18FN5. The van der Waals surface area contributed by atoms with E-state index in [1.54, 1.807) is 6.20 Å². The van der Waals surface area contributed by atoms with Crippen molar-refractivity contribution in [2.45, 2.75) is 19.4 Å². The molecule has 0 spiro atoms. The topological polar surface area (TPSA) is 45.5 Å². The van der Waals surface area contributed by atoms with Crippen LogP contribution < -0.4 is 10.2 Å². The van der Waals surface area contributed by atoms with E-state index in [2.05, 4.69) is 27.2 Å². The lowest BCUT2D eigenvalue weighted by Gasteiger charge is -2.37. The standard InChI is InChI=1S/C13H18FN5/c1-9-5-6-15-8-11(9)18(2)12-10-4-3-7-19(10)17-13(14)16-12/h3-4,7,9,11,15H,5-6,8H2,1-2H3. The Balaban J connectivity index is 2.00. The lowest BCUT2D eigenvalue weighted by atomic mass is 9.94. The van der Waals surface area contributed by atoms with Crippen molar-refractivity contribution >= 4 is 11.3 Å². The molecule has 5 nitrogen and oxygen atoms in total. The van der Waals surface area contributed by atoms with Crippen LogP contribution in [0.5, 0.6) is 0 Å². The van der Waals surface area contributed by atoms with Gasteiger partial charge in [-0.1, -0.05) is 6.92 Å². The van der Waals surface area contributed by atoms with Crippen LogP contribution in [0, 0.1) is 12.0 Å². The fourth-order valence-electron chi connectivity index (χ4n) is 2.80. The highest BCUT2D eigenvalue weighted by atomic mass is 19.1. The number of nitrogens with one attached hydrogen (secondary N) is 1. The number of nitrogens with zero attached hydrogens (tertiary/aromatic N) is 4. The Morgan fingerprint density at radius 2 is 2.37 bits per heavy atom. The van der Waals surface area contributed by atoms with Crippen molar-refractivity contribution in [2.24, 2.45) is 5.92 Å². The van der Waals surface area contributed by atoms with Gasteiger partial charge in [-0.25, -0.2) is 4.52 Å². The Labute approximate surface area is 111 Å². The van der Waals surface area contributed by atoms with E-state index in [9.17, 15) is 4.39 Å². The molecule has 1 fully saturated rings. The van der Waals surface area contributed by atoms with Gasteiger partial charge in [0.15, 0.2) is 5.82 Å². The van der Waals surface area contributed by atoms with Crippen LogP contribution in [0.3, 0.4) is 0 Å². The van der Waals surface area contributed by atoms with Crippen LogP contribution in [0.2, 0.25) is 0 Å². The molecule has 1 N–H and O–H groups in total. The highest BCUT2D eigenvalue weighted by Crippen LogP contribution is 2.24. The molecule has 0 saturated carbocycles. The largest absolute Gasteiger partial charge is 0.353 e. The Morgan fingerprint density at radius 3 is 3.16 bits per heavy atom. The van der Waals surface area contributed by atoms with Gasteiger partial charge in [-0.2, -0.15) is 9.37 Å². The SMILES string of the molecule is CC1CCNCC1N(C)c1nc(F)nn2cccc12. The lowest BCUT2D eigenvalue weighted by molar-refractivity contribution is 0.336. The van der Waals surface area contributed by atoms with Gasteiger partial charge in [-0.05, 0) is 31.0 Å². The summed E-state index contributed by atoms with van der Waals surface area (Å²) in [5, 5.41) is 7.13. The zero-order valence-electron chi connectivity index (χ0n) is 11.2. The molecule has 19 heavy (non-hydrogen) atoms. The van der Waals surface area contributed by atoms with Crippen molar-refractivity contribution in [1.82, 2.24) is 19.9 Å². The van der Waals surface area contributed by atoms with E-state index >= 15 is 0 Å². The van der Waals surface area contributed by atoms with Crippen LogP contribution in [0.15, 0.2) is 18.3 Å². The number of halogens is 1. The first-order chi connectivity index (χ1) is 9.16. The first-order valence-corrected chi connectivity index (χ1v) is 6.61. The van der Waals surface area contributed by atoms with Crippen LogP contribution >= 0.6 is 0 Å². The summed E-state index contributed by atoms with van der Waals surface area (Å²) in [6, 6.07) is 4.08. The highest BCUT2D eigenvalue weighted by Gasteiger charge is 2.27. The summed E-state index contributed by atoms with van der Waals surface area (Å²) in [5.41, 5.74) is 0.835. The first-order valence-electron chi connectivity index (χ1n) is 6.61. The number of hydrogen-bond donors (Lipinski definition) is 1. The second-order valence-corrected chi connectivity index (χ2v) is 5.19. The first kappa shape index (κ1) is 12.3. The molecule has 0 amide bonds. The Morgan fingerprint density at radius 1 is 1.53 bits per heavy atom. The average molecular weight is 263 g/mol. The Kier molecular flexibility index (Phi) is 3.10. The third-order valence-electron chi connectivity index (χ3n) is 3.96. The molecule has 1 aliphatic rings. The van der Waals surface area contributed by atoms with Gasteiger partial charge in [-0.3, -0.25) is 0 Å². The second kappa shape index (κ2) is 4.77. The summed E-state index contributed by atoms with van der Waals surface area (Å²) in [4.78, 5) is 6.05. The number of aromatic nitrogens is 3. The van der Waals surface area contributed by atoms with Gasteiger partial charge in [0.25, 0.3) is 0 Å². The Hall–Kier alpha value is -1.69. The van der Waals surface area contributed by atoms with Crippen molar-refractivity contribution in [1.29, 1.82) is 0 Å². The maximum Gasteiger partial charge on any atom is 0.327 e. The van der Waals surface area contributed by atoms with Crippen molar-refractivity contribution in [3.8, 4) is 0 Å². The monoisotopic (exact) mass is 263 g/mol. The molecule has 2 unspecified atom stereocenters. The maximum absolute atomic E-state index is 13.5. The second-order valence-electron chi connectivity index (χ2n) is 5.19. The minimum atomic E-state index is -0.693. The van der Waals surface area contributed by atoms with Gasteiger partial charge in [0.1, 0.15) is 5.52 Å². The smallest absolute Gasteiger partial charge is 0.327 e. The predicted octanol–water partition coefficient (Wildman–Crippen LogP) is 1.30. The summed E-state index contributed by atoms with van der Waals surface area (Å²) >= 11 is 0. The summed E-state index contributed by atoms with van der Waals surface area (Å²) in [5.74, 6) is 1.21. The van der Waals surface area contributed by atoms with Gasteiger partial charge in [0.2, 0.25) is 0 Å². The lowest BCUT2D eigenvalue weighted by Crippen LogP contribution is -2.49. The van der Waals surface area contributed by atoms with Crippen LogP contribution in [-0.2, 0) is 0 Å². The van der Waals surface area contributed by atoms with E-state index in [1.165, 1.54) is 4.52 Å². The number of fused-ring (bicyclic) bond motifs is 1. The summed E-state index contributed by atoms with van der Waals surface area (Å²) in [7, 11) is 1.98. The van der Waals surface area contributed by atoms with Gasteiger partial charge in [0.05, 0.1) is 0 Å². The van der Waals surface area contributed by atoms with E-state index < -0.39 is 6.08 Å². The zero-order valence-corrected chi connectivity index (χ0v) is 11.2. The molecular weight excluding hydrogens is 245 g/mol. The van der Waals surface area contributed by atoms with Crippen molar-refractivity contribution in [3.05, 3.63) is 24.4 Å². The van der Waals surface area contributed by atoms with E-state index in [0.29, 0.717) is 17.8 Å². The molecule has 0 radical (unpaired) electrons. The van der Waals surface area contributed by atoms with Crippen LogP contribution in [-0.4, -0.2) is 40.8 Å².